The standard InChI is InChI=1S/C14H10F2N4OS/c1-20-7-8(6-17-20)2-3-13(21)19-14-18-11-4-9(15)10(16)5-12(11)22-14/h2-7H,1H3,(H,18,19,21). The number of hydrogen-bond donors (Lipinski definition) is 1. The van der Waals surface area contributed by atoms with Crippen molar-refractivity contribution in [2.75, 3.05) is 5.32 Å². The van der Waals surface area contributed by atoms with Crippen LogP contribution in [0.15, 0.2) is 30.6 Å². The van der Waals surface area contributed by atoms with E-state index in [4.69, 9.17) is 0 Å². The lowest BCUT2D eigenvalue weighted by atomic mass is 10.3. The van der Waals surface area contributed by atoms with Crippen molar-refractivity contribution in [3.8, 4) is 0 Å². The predicted octanol–water partition coefficient (Wildman–Crippen LogP) is 2.96. The normalized spacial score (nSPS) is 11.4. The van der Waals surface area contributed by atoms with Gasteiger partial charge in [-0.3, -0.25) is 14.8 Å². The maximum atomic E-state index is 13.1. The molecule has 0 aliphatic rings. The number of halogens is 2. The van der Waals surface area contributed by atoms with E-state index in [1.807, 2.05) is 0 Å². The molecule has 0 unspecified atom stereocenters. The van der Waals surface area contributed by atoms with Gasteiger partial charge in [0, 0.05) is 31.0 Å². The minimum absolute atomic E-state index is 0.279. The van der Waals surface area contributed by atoms with E-state index in [1.165, 1.54) is 6.08 Å². The van der Waals surface area contributed by atoms with Gasteiger partial charge in [0.25, 0.3) is 0 Å². The quantitative estimate of drug-likeness (QED) is 0.755. The lowest BCUT2D eigenvalue weighted by Crippen LogP contribution is -2.07. The number of thiazole rings is 1. The zero-order valence-corrected chi connectivity index (χ0v) is 12.2. The molecular weight excluding hydrogens is 310 g/mol. The third-order valence-corrected chi connectivity index (χ3v) is 3.75. The second kappa shape index (κ2) is 5.64. The number of rotatable bonds is 3. The summed E-state index contributed by atoms with van der Waals surface area (Å²) in [7, 11) is 1.77. The molecule has 2 heterocycles. The number of aromatic nitrogens is 3. The minimum Gasteiger partial charge on any atom is -0.298 e. The molecule has 112 valence electrons. The molecule has 0 saturated heterocycles. The topological polar surface area (TPSA) is 59.8 Å². The van der Waals surface area contributed by atoms with Crippen LogP contribution in [0.25, 0.3) is 16.3 Å². The second-order valence-electron chi connectivity index (χ2n) is 4.52. The number of benzene rings is 1. The van der Waals surface area contributed by atoms with Gasteiger partial charge in [0.2, 0.25) is 5.91 Å². The van der Waals surface area contributed by atoms with Crippen LogP contribution in [0, 0.1) is 11.6 Å². The average molecular weight is 320 g/mol. The van der Waals surface area contributed by atoms with E-state index < -0.39 is 11.6 Å². The van der Waals surface area contributed by atoms with Crippen LogP contribution in [0.1, 0.15) is 5.56 Å². The van der Waals surface area contributed by atoms with Gasteiger partial charge >= 0.3 is 0 Å². The molecule has 0 atom stereocenters. The number of anilines is 1. The van der Waals surface area contributed by atoms with Crippen molar-refractivity contribution >= 4 is 38.7 Å². The van der Waals surface area contributed by atoms with E-state index >= 15 is 0 Å². The maximum Gasteiger partial charge on any atom is 0.250 e. The number of amides is 1. The van der Waals surface area contributed by atoms with E-state index in [0.717, 1.165) is 29.0 Å². The van der Waals surface area contributed by atoms with Gasteiger partial charge in [0.1, 0.15) is 0 Å². The summed E-state index contributed by atoms with van der Waals surface area (Å²) in [4.78, 5) is 15.8. The highest BCUT2D eigenvalue weighted by atomic mass is 32.1. The molecular formula is C14H10F2N4OS. The van der Waals surface area contributed by atoms with Crippen molar-refractivity contribution in [3.63, 3.8) is 0 Å². The molecule has 1 N–H and O–H groups in total. The molecule has 3 aromatic rings. The molecule has 0 bridgehead atoms. The molecule has 1 amide bonds. The van der Waals surface area contributed by atoms with Crippen LogP contribution < -0.4 is 5.32 Å². The Balaban J connectivity index is 1.75. The molecule has 0 aliphatic carbocycles. The van der Waals surface area contributed by atoms with Crippen LogP contribution in [0.5, 0.6) is 0 Å². The number of carbonyl (C=O) groups is 1. The van der Waals surface area contributed by atoms with E-state index in [0.29, 0.717) is 10.2 Å². The number of nitrogens with zero attached hydrogens (tertiary/aromatic N) is 3. The molecule has 0 fully saturated rings. The molecule has 1 aromatic carbocycles. The highest BCUT2D eigenvalue weighted by molar-refractivity contribution is 7.22. The molecule has 0 radical (unpaired) electrons. The summed E-state index contributed by atoms with van der Waals surface area (Å²) in [5.41, 5.74) is 1.08. The van der Waals surface area contributed by atoms with Gasteiger partial charge in [-0.2, -0.15) is 5.10 Å². The van der Waals surface area contributed by atoms with Crippen molar-refractivity contribution in [1.82, 2.24) is 14.8 Å². The summed E-state index contributed by atoms with van der Waals surface area (Å²) in [6, 6.07) is 2.06. The van der Waals surface area contributed by atoms with Crippen molar-refractivity contribution in [3.05, 3.63) is 47.8 Å². The van der Waals surface area contributed by atoms with Crippen LogP contribution in [0.3, 0.4) is 0 Å². The third-order valence-electron chi connectivity index (χ3n) is 2.81. The number of nitrogens with one attached hydrogen (secondary N) is 1. The molecule has 8 heteroatoms. The SMILES string of the molecule is Cn1cc(C=CC(=O)Nc2nc3cc(F)c(F)cc3s2)cn1. The molecule has 2 aromatic heterocycles. The number of carbonyl (C=O) groups excluding carboxylic acids is 1. The summed E-state index contributed by atoms with van der Waals surface area (Å²) in [6.45, 7) is 0. The third kappa shape index (κ3) is 3.01. The molecule has 22 heavy (non-hydrogen) atoms. The first-order chi connectivity index (χ1) is 10.5. The zero-order valence-electron chi connectivity index (χ0n) is 11.4. The van der Waals surface area contributed by atoms with Gasteiger partial charge in [-0.05, 0) is 12.1 Å². The monoisotopic (exact) mass is 320 g/mol. The lowest BCUT2D eigenvalue weighted by molar-refractivity contribution is -0.111. The summed E-state index contributed by atoms with van der Waals surface area (Å²) in [6.07, 6.45) is 6.32. The molecule has 0 aliphatic heterocycles. The smallest absolute Gasteiger partial charge is 0.250 e. The Hall–Kier alpha value is -2.61. The summed E-state index contributed by atoms with van der Waals surface area (Å²) in [5, 5.41) is 6.81. The highest BCUT2D eigenvalue weighted by Gasteiger charge is 2.10. The van der Waals surface area contributed by atoms with Gasteiger partial charge in [-0.25, -0.2) is 13.8 Å². The van der Waals surface area contributed by atoms with Crippen LogP contribution >= 0.6 is 11.3 Å². The largest absolute Gasteiger partial charge is 0.298 e. The Labute approximate surface area is 127 Å². The van der Waals surface area contributed by atoms with Gasteiger partial charge < -0.3 is 0 Å². The number of hydrogen-bond acceptors (Lipinski definition) is 4. The Morgan fingerprint density at radius 3 is 2.86 bits per heavy atom. The van der Waals surface area contributed by atoms with E-state index in [2.05, 4.69) is 15.4 Å². The van der Waals surface area contributed by atoms with Crippen molar-refractivity contribution < 1.29 is 13.6 Å². The second-order valence-corrected chi connectivity index (χ2v) is 5.55. The van der Waals surface area contributed by atoms with E-state index in [1.54, 1.807) is 30.2 Å². The summed E-state index contributed by atoms with van der Waals surface area (Å²) >= 11 is 1.07. The van der Waals surface area contributed by atoms with Crippen LogP contribution in [0.4, 0.5) is 13.9 Å². The molecule has 0 spiro atoms. The lowest BCUT2D eigenvalue weighted by Gasteiger charge is -1.94. The van der Waals surface area contributed by atoms with Crippen LogP contribution in [-0.2, 0) is 11.8 Å². The first kappa shape index (κ1) is 14.3. The fraction of sp³-hybridized carbons (Fsp3) is 0.0714. The number of fused-ring (bicyclic) bond motifs is 1. The highest BCUT2D eigenvalue weighted by Crippen LogP contribution is 2.27. The van der Waals surface area contributed by atoms with Gasteiger partial charge in [-0.1, -0.05) is 11.3 Å². The van der Waals surface area contributed by atoms with Crippen LogP contribution in [-0.4, -0.2) is 20.7 Å². The van der Waals surface area contributed by atoms with E-state index in [9.17, 15) is 13.6 Å². The summed E-state index contributed by atoms with van der Waals surface area (Å²) < 4.78 is 28.3. The number of aryl methyl sites for hydroxylation is 1. The Morgan fingerprint density at radius 2 is 2.14 bits per heavy atom. The van der Waals surface area contributed by atoms with Crippen molar-refractivity contribution in [2.45, 2.75) is 0 Å². The van der Waals surface area contributed by atoms with Gasteiger partial charge in [0.15, 0.2) is 16.8 Å². The first-order valence-corrected chi connectivity index (χ1v) is 7.06. The fourth-order valence-corrected chi connectivity index (χ4v) is 2.70. The maximum absolute atomic E-state index is 13.1. The zero-order chi connectivity index (χ0) is 15.7. The Kier molecular flexibility index (Phi) is 3.68. The Morgan fingerprint density at radius 1 is 1.36 bits per heavy atom. The van der Waals surface area contributed by atoms with Gasteiger partial charge in [0.05, 0.1) is 16.4 Å². The van der Waals surface area contributed by atoms with Crippen molar-refractivity contribution in [1.29, 1.82) is 0 Å². The molecule has 0 saturated carbocycles. The molecule has 3 rings (SSSR count). The fourth-order valence-electron chi connectivity index (χ4n) is 1.82. The van der Waals surface area contributed by atoms with E-state index in [-0.39, 0.29) is 11.0 Å². The Bertz CT molecular complexity index is 845. The first-order valence-electron chi connectivity index (χ1n) is 6.24. The minimum atomic E-state index is -0.966. The van der Waals surface area contributed by atoms with Crippen molar-refractivity contribution in [2.24, 2.45) is 7.05 Å². The predicted molar refractivity (Wildman–Crippen MR) is 80.4 cm³/mol. The summed E-state index contributed by atoms with van der Waals surface area (Å²) in [5.74, 6) is -2.29. The average Bonchev–Trinajstić information content (AvgIpc) is 3.03. The van der Waals surface area contributed by atoms with Crippen LogP contribution in [0.2, 0.25) is 0 Å². The molecule has 5 nitrogen and oxygen atoms in total. The van der Waals surface area contributed by atoms with Gasteiger partial charge in [-0.15, -0.1) is 0 Å².